The fraction of sp³-hybridized carbons (Fsp3) is 0.438. The van der Waals surface area contributed by atoms with Crippen LogP contribution in [0.25, 0.3) is 5.69 Å². The summed E-state index contributed by atoms with van der Waals surface area (Å²) in [5.41, 5.74) is 5.76. The Hall–Kier alpha value is -1.28. The van der Waals surface area contributed by atoms with Gasteiger partial charge in [0.15, 0.2) is 0 Å². The first-order valence-electron chi connectivity index (χ1n) is 6.54. The number of aromatic nitrogens is 2. The minimum atomic E-state index is 0.00139. The normalized spacial score (nSPS) is 11.9. The van der Waals surface area contributed by atoms with Gasteiger partial charge in [0, 0.05) is 5.41 Å². The molecule has 19 heavy (non-hydrogen) atoms. The van der Waals surface area contributed by atoms with Crippen molar-refractivity contribution in [2.24, 2.45) is 0 Å². The lowest BCUT2D eigenvalue weighted by Crippen LogP contribution is -2.13. The van der Waals surface area contributed by atoms with Crippen molar-refractivity contribution in [2.75, 3.05) is 0 Å². The molecule has 3 heteroatoms. The summed E-state index contributed by atoms with van der Waals surface area (Å²) in [6, 6.07) is 6.29. The molecule has 0 N–H and O–H groups in total. The summed E-state index contributed by atoms with van der Waals surface area (Å²) in [7, 11) is 0. The number of aryl methyl sites for hydroxylation is 3. The molecule has 1 aromatic heterocycles. The Labute approximate surface area is 120 Å². The predicted octanol–water partition coefficient (Wildman–Crippen LogP) is 4.75. The van der Waals surface area contributed by atoms with Crippen molar-refractivity contribution in [1.29, 1.82) is 0 Å². The first-order chi connectivity index (χ1) is 8.70. The van der Waals surface area contributed by atoms with E-state index in [-0.39, 0.29) is 5.41 Å². The molecule has 0 radical (unpaired) electrons. The number of halogens is 1. The van der Waals surface area contributed by atoms with E-state index in [0.717, 1.165) is 11.4 Å². The van der Waals surface area contributed by atoms with E-state index in [4.69, 9.17) is 11.6 Å². The average molecular weight is 277 g/mol. The largest absolute Gasteiger partial charge is 0.221 e. The van der Waals surface area contributed by atoms with Crippen LogP contribution >= 0.6 is 11.6 Å². The maximum Gasteiger partial charge on any atom is 0.133 e. The molecule has 0 amide bonds. The molecule has 0 aliphatic carbocycles. The third kappa shape index (κ3) is 2.69. The number of hydrogen-bond acceptors (Lipinski definition) is 1. The lowest BCUT2D eigenvalue weighted by atomic mass is 9.93. The summed E-state index contributed by atoms with van der Waals surface area (Å²) < 4.78 is 1.85. The molecule has 1 heterocycles. The van der Waals surface area contributed by atoms with Crippen molar-refractivity contribution < 1.29 is 0 Å². The molecule has 2 rings (SSSR count). The molecule has 0 aliphatic heterocycles. The Morgan fingerprint density at radius 1 is 1.00 bits per heavy atom. The first kappa shape index (κ1) is 14.1. The Bertz CT molecular complexity index is 595. The SMILES string of the molecule is Cc1cc(C)c(-n2nc(C(C)(C)C)cc2Cl)c(C)c1. The van der Waals surface area contributed by atoms with E-state index in [1.807, 2.05) is 10.7 Å². The summed E-state index contributed by atoms with van der Waals surface area (Å²) >= 11 is 6.37. The summed E-state index contributed by atoms with van der Waals surface area (Å²) in [4.78, 5) is 0. The highest BCUT2D eigenvalue weighted by atomic mass is 35.5. The van der Waals surface area contributed by atoms with E-state index >= 15 is 0 Å². The maximum atomic E-state index is 6.37. The fourth-order valence-corrected chi connectivity index (χ4v) is 2.61. The molecular formula is C16H21ClN2. The van der Waals surface area contributed by atoms with Crippen molar-refractivity contribution in [3.05, 3.63) is 45.7 Å². The van der Waals surface area contributed by atoms with Crippen LogP contribution in [-0.2, 0) is 5.41 Å². The van der Waals surface area contributed by atoms with Crippen LogP contribution in [0, 0.1) is 20.8 Å². The minimum absolute atomic E-state index is 0.00139. The third-order valence-electron chi connectivity index (χ3n) is 3.28. The average Bonchev–Trinajstić information content (AvgIpc) is 2.59. The van der Waals surface area contributed by atoms with Crippen LogP contribution in [0.4, 0.5) is 0 Å². The topological polar surface area (TPSA) is 17.8 Å². The van der Waals surface area contributed by atoms with E-state index in [1.165, 1.54) is 16.7 Å². The molecule has 2 nitrogen and oxygen atoms in total. The molecule has 0 atom stereocenters. The predicted molar refractivity (Wildman–Crippen MR) is 81.5 cm³/mol. The summed E-state index contributed by atoms with van der Waals surface area (Å²) in [6.07, 6.45) is 0. The van der Waals surface area contributed by atoms with Crippen LogP contribution in [0.1, 0.15) is 43.2 Å². The number of nitrogens with zero attached hydrogens (tertiary/aromatic N) is 2. The van der Waals surface area contributed by atoms with E-state index in [0.29, 0.717) is 5.15 Å². The van der Waals surface area contributed by atoms with Gasteiger partial charge in [0.25, 0.3) is 0 Å². The smallest absolute Gasteiger partial charge is 0.133 e. The van der Waals surface area contributed by atoms with Gasteiger partial charge < -0.3 is 0 Å². The molecule has 0 saturated carbocycles. The molecule has 0 fully saturated rings. The van der Waals surface area contributed by atoms with Gasteiger partial charge in [0.05, 0.1) is 11.4 Å². The molecule has 1 aromatic carbocycles. The standard InChI is InChI=1S/C16H21ClN2/c1-10-7-11(2)15(12(3)8-10)19-14(17)9-13(18-19)16(4,5)6/h7-9H,1-6H3. The zero-order valence-corrected chi connectivity index (χ0v) is 13.3. The van der Waals surface area contributed by atoms with Crippen molar-refractivity contribution in [3.8, 4) is 5.69 Å². The second-order valence-corrected chi connectivity index (χ2v) is 6.65. The molecule has 0 spiro atoms. The lowest BCUT2D eigenvalue weighted by Gasteiger charge is -2.15. The third-order valence-corrected chi connectivity index (χ3v) is 3.55. The van der Waals surface area contributed by atoms with Crippen LogP contribution in [0.2, 0.25) is 5.15 Å². The zero-order chi connectivity index (χ0) is 14.4. The van der Waals surface area contributed by atoms with Crippen molar-refractivity contribution in [3.63, 3.8) is 0 Å². The van der Waals surface area contributed by atoms with E-state index in [1.54, 1.807) is 0 Å². The highest BCUT2D eigenvalue weighted by Gasteiger charge is 2.21. The fourth-order valence-electron chi connectivity index (χ4n) is 2.39. The van der Waals surface area contributed by atoms with Crippen molar-refractivity contribution in [2.45, 2.75) is 47.0 Å². The van der Waals surface area contributed by atoms with Gasteiger partial charge in [-0.1, -0.05) is 50.1 Å². The van der Waals surface area contributed by atoms with Gasteiger partial charge in [-0.05, 0) is 38.0 Å². The lowest BCUT2D eigenvalue weighted by molar-refractivity contribution is 0.560. The summed E-state index contributed by atoms with van der Waals surface area (Å²) in [5.74, 6) is 0. The quantitative estimate of drug-likeness (QED) is 0.735. The first-order valence-corrected chi connectivity index (χ1v) is 6.92. The number of hydrogen-bond donors (Lipinski definition) is 0. The van der Waals surface area contributed by atoms with Gasteiger partial charge >= 0.3 is 0 Å². The van der Waals surface area contributed by atoms with Gasteiger partial charge in [0.1, 0.15) is 5.15 Å². The molecule has 102 valence electrons. The highest BCUT2D eigenvalue weighted by Crippen LogP contribution is 2.29. The van der Waals surface area contributed by atoms with Crippen LogP contribution in [0.5, 0.6) is 0 Å². The molecule has 0 unspecified atom stereocenters. The van der Waals surface area contributed by atoms with Crippen LogP contribution in [-0.4, -0.2) is 9.78 Å². The second-order valence-electron chi connectivity index (χ2n) is 6.26. The number of benzene rings is 1. The van der Waals surface area contributed by atoms with E-state index < -0.39 is 0 Å². The monoisotopic (exact) mass is 276 g/mol. The van der Waals surface area contributed by atoms with Crippen LogP contribution in [0.3, 0.4) is 0 Å². The van der Waals surface area contributed by atoms with Gasteiger partial charge in [0.2, 0.25) is 0 Å². The Kier molecular flexibility index (Phi) is 3.48. The zero-order valence-electron chi connectivity index (χ0n) is 12.5. The molecular weight excluding hydrogens is 256 g/mol. The number of rotatable bonds is 1. The van der Waals surface area contributed by atoms with E-state index in [2.05, 4.69) is 58.8 Å². The highest BCUT2D eigenvalue weighted by molar-refractivity contribution is 6.29. The minimum Gasteiger partial charge on any atom is -0.221 e. The molecule has 0 aliphatic rings. The van der Waals surface area contributed by atoms with Crippen molar-refractivity contribution >= 4 is 11.6 Å². The van der Waals surface area contributed by atoms with Crippen molar-refractivity contribution in [1.82, 2.24) is 9.78 Å². The summed E-state index contributed by atoms with van der Waals surface area (Å²) in [6.45, 7) is 12.7. The Morgan fingerprint density at radius 3 is 1.95 bits per heavy atom. The maximum absolute atomic E-state index is 6.37. The van der Waals surface area contributed by atoms with Gasteiger partial charge in [-0.3, -0.25) is 0 Å². The second kappa shape index (κ2) is 4.68. The Balaban J connectivity index is 2.64. The van der Waals surface area contributed by atoms with Crippen LogP contribution < -0.4 is 0 Å². The van der Waals surface area contributed by atoms with E-state index in [9.17, 15) is 0 Å². The molecule has 0 bridgehead atoms. The van der Waals surface area contributed by atoms with Gasteiger partial charge in [-0.2, -0.15) is 5.10 Å². The Morgan fingerprint density at radius 2 is 1.53 bits per heavy atom. The van der Waals surface area contributed by atoms with Crippen LogP contribution in [0.15, 0.2) is 18.2 Å². The van der Waals surface area contributed by atoms with Gasteiger partial charge in [-0.25, -0.2) is 4.68 Å². The molecule has 2 aromatic rings. The molecule has 0 saturated heterocycles. The van der Waals surface area contributed by atoms with Gasteiger partial charge in [-0.15, -0.1) is 0 Å². The summed E-state index contributed by atoms with van der Waals surface area (Å²) in [5, 5.41) is 5.35.